The highest BCUT2D eigenvalue weighted by atomic mass is 127. The first-order valence-corrected chi connectivity index (χ1v) is 11.1. The molecule has 2 fully saturated rings. The number of hydrogen-bond acceptors (Lipinski definition) is 5. The van der Waals surface area contributed by atoms with Gasteiger partial charge in [0.05, 0.1) is 0 Å². The molecular formula is C21H38IN7O2. The summed E-state index contributed by atoms with van der Waals surface area (Å²) < 4.78 is 7.51. The topological polar surface area (TPSA) is 96.7 Å². The molecule has 3 rings (SSSR count). The van der Waals surface area contributed by atoms with E-state index in [1.807, 2.05) is 39.3 Å². The monoisotopic (exact) mass is 547 g/mol. The standard InChI is InChI=1S/C21H37N7O2.HI/c1-15-25-26-18(27(15)5)13-22-19(23-16-9-6-7-10-16)24-17-11-8-12-28(14-17)20(29)30-21(2,3)4;/h16-17H,6-14H2,1-5H3,(H2,22,23,24);1H. The van der Waals surface area contributed by atoms with Crippen LogP contribution in [-0.2, 0) is 18.3 Å². The number of aromatic nitrogens is 3. The number of ether oxygens (including phenoxy) is 1. The van der Waals surface area contributed by atoms with E-state index in [1.54, 1.807) is 4.90 Å². The van der Waals surface area contributed by atoms with E-state index in [0.717, 1.165) is 37.0 Å². The van der Waals surface area contributed by atoms with Crippen molar-refractivity contribution in [3.05, 3.63) is 11.6 Å². The fraction of sp³-hybridized carbons (Fsp3) is 0.810. The van der Waals surface area contributed by atoms with E-state index >= 15 is 0 Å². The van der Waals surface area contributed by atoms with E-state index in [1.165, 1.54) is 25.7 Å². The number of aryl methyl sites for hydroxylation is 1. The quantitative estimate of drug-likeness (QED) is 0.342. The molecule has 0 spiro atoms. The molecule has 0 bridgehead atoms. The average molecular weight is 547 g/mol. The van der Waals surface area contributed by atoms with Gasteiger partial charge in [-0.15, -0.1) is 34.2 Å². The Balaban J connectivity index is 0.00000341. The van der Waals surface area contributed by atoms with Crippen molar-refractivity contribution in [1.82, 2.24) is 30.3 Å². The Bertz CT molecular complexity index is 753. The summed E-state index contributed by atoms with van der Waals surface area (Å²) in [7, 11) is 1.96. The highest BCUT2D eigenvalue weighted by Crippen LogP contribution is 2.18. The number of nitrogens with zero attached hydrogens (tertiary/aromatic N) is 5. The van der Waals surface area contributed by atoms with Crippen molar-refractivity contribution >= 4 is 36.0 Å². The summed E-state index contributed by atoms with van der Waals surface area (Å²) in [5.41, 5.74) is -0.484. The number of rotatable bonds is 4. The summed E-state index contributed by atoms with van der Waals surface area (Å²) >= 11 is 0. The minimum Gasteiger partial charge on any atom is -0.444 e. The highest BCUT2D eigenvalue weighted by Gasteiger charge is 2.28. The smallest absolute Gasteiger partial charge is 0.410 e. The van der Waals surface area contributed by atoms with E-state index in [0.29, 0.717) is 19.1 Å². The fourth-order valence-corrected chi connectivity index (χ4v) is 3.92. The van der Waals surface area contributed by atoms with Gasteiger partial charge in [0.2, 0.25) is 0 Å². The van der Waals surface area contributed by atoms with Gasteiger partial charge in [-0.1, -0.05) is 12.8 Å². The van der Waals surface area contributed by atoms with Crippen molar-refractivity contribution in [2.75, 3.05) is 13.1 Å². The number of halogens is 1. The van der Waals surface area contributed by atoms with Crippen LogP contribution in [0.15, 0.2) is 4.99 Å². The molecule has 1 atom stereocenters. The van der Waals surface area contributed by atoms with Crippen LogP contribution in [-0.4, -0.2) is 62.5 Å². The van der Waals surface area contributed by atoms with Gasteiger partial charge in [0.25, 0.3) is 0 Å². The summed E-state index contributed by atoms with van der Waals surface area (Å²) in [6.45, 7) is 9.43. The zero-order chi connectivity index (χ0) is 21.7. The summed E-state index contributed by atoms with van der Waals surface area (Å²) in [6, 6.07) is 0.586. The number of carbonyl (C=O) groups is 1. The predicted octanol–water partition coefficient (Wildman–Crippen LogP) is 3.12. The normalized spacial score (nSPS) is 20.4. The van der Waals surface area contributed by atoms with Crippen LogP contribution < -0.4 is 10.6 Å². The molecular weight excluding hydrogens is 509 g/mol. The van der Waals surface area contributed by atoms with Crippen LogP contribution in [0.1, 0.15) is 70.9 Å². The van der Waals surface area contributed by atoms with Gasteiger partial charge in [0.15, 0.2) is 11.8 Å². The number of nitrogens with one attached hydrogen (secondary N) is 2. The van der Waals surface area contributed by atoms with Gasteiger partial charge in [-0.2, -0.15) is 0 Å². The highest BCUT2D eigenvalue weighted by molar-refractivity contribution is 14.0. The second kappa shape index (κ2) is 11.3. The third-order valence-electron chi connectivity index (χ3n) is 5.67. The lowest BCUT2D eigenvalue weighted by Crippen LogP contribution is -2.54. The van der Waals surface area contributed by atoms with Crippen LogP contribution in [0.5, 0.6) is 0 Å². The zero-order valence-electron chi connectivity index (χ0n) is 19.5. The van der Waals surface area contributed by atoms with Gasteiger partial charge in [0.1, 0.15) is 18.0 Å². The third-order valence-corrected chi connectivity index (χ3v) is 5.67. The van der Waals surface area contributed by atoms with Crippen molar-refractivity contribution in [1.29, 1.82) is 0 Å². The second-order valence-electron chi connectivity index (χ2n) is 9.42. The molecule has 2 aliphatic rings. The van der Waals surface area contributed by atoms with Gasteiger partial charge in [0, 0.05) is 32.2 Å². The van der Waals surface area contributed by atoms with Gasteiger partial charge >= 0.3 is 6.09 Å². The van der Waals surface area contributed by atoms with E-state index < -0.39 is 5.60 Å². The number of amides is 1. The summed E-state index contributed by atoms with van der Waals surface area (Å²) in [5, 5.41) is 15.5. The molecule has 1 aliphatic carbocycles. The minimum atomic E-state index is -0.484. The zero-order valence-corrected chi connectivity index (χ0v) is 21.8. The lowest BCUT2D eigenvalue weighted by molar-refractivity contribution is 0.0193. The molecule has 9 nitrogen and oxygen atoms in total. The molecule has 2 N–H and O–H groups in total. The first kappa shape index (κ1) is 25.7. The van der Waals surface area contributed by atoms with E-state index in [4.69, 9.17) is 9.73 Å². The molecule has 1 saturated heterocycles. The number of aliphatic imine (C=N–C) groups is 1. The van der Waals surface area contributed by atoms with Gasteiger partial charge in [-0.25, -0.2) is 9.79 Å². The Labute approximate surface area is 202 Å². The second-order valence-corrected chi connectivity index (χ2v) is 9.42. The average Bonchev–Trinajstić information content (AvgIpc) is 3.29. The van der Waals surface area contributed by atoms with Crippen molar-refractivity contribution in [2.45, 2.75) is 90.4 Å². The maximum atomic E-state index is 12.5. The van der Waals surface area contributed by atoms with Crippen LogP contribution in [0.3, 0.4) is 0 Å². The van der Waals surface area contributed by atoms with Crippen LogP contribution in [0.4, 0.5) is 4.79 Å². The maximum Gasteiger partial charge on any atom is 0.410 e. The number of hydrogen-bond donors (Lipinski definition) is 2. The molecule has 1 amide bonds. The van der Waals surface area contributed by atoms with Crippen molar-refractivity contribution < 1.29 is 9.53 Å². The van der Waals surface area contributed by atoms with E-state index in [2.05, 4.69) is 20.8 Å². The molecule has 0 radical (unpaired) electrons. The summed E-state index contributed by atoms with van der Waals surface area (Å²) in [4.78, 5) is 19.1. The lowest BCUT2D eigenvalue weighted by Gasteiger charge is -2.35. The Hall–Kier alpha value is -1.59. The summed E-state index contributed by atoms with van der Waals surface area (Å²) in [6.07, 6.45) is 6.53. The molecule has 1 saturated carbocycles. The first-order valence-electron chi connectivity index (χ1n) is 11.1. The Morgan fingerprint density at radius 3 is 2.39 bits per heavy atom. The predicted molar refractivity (Wildman–Crippen MR) is 132 cm³/mol. The van der Waals surface area contributed by atoms with Crippen LogP contribution in [0.25, 0.3) is 0 Å². The molecule has 10 heteroatoms. The van der Waals surface area contributed by atoms with E-state index in [9.17, 15) is 4.79 Å². The molecule has 1 aromatic rings. The number of likely N-dealkylation sites (tertiary alicyclic amines) is 1. The number of piperidine rings is 1. The maximum absolute atomic E-state index is 12.5. The molecule has 31 heavy (non-hydrogen) atoms. The molecule has 2 heterocycles. The third kappa shape index (κ3) is 7.80. The van der Waals surface area contributed by atoms with Crippen LogP contribution >= 0.6 is 24.0 Å². The van der Waals surface area contributed by atoms with Crippen LogP contribution in [0.2, 0.25) is 0 Å². The molecule has 1 unspecified atom stereocenters. The first-order chi connectivity index (χ1) is 14.2. The molecule has 1 aliphatic heterocycles. The fourth-order valence-electron chi connectivity index (χ4n) is 3.92. The van der Waals surface area contributed by atoms with Gasteiger partial charge < -0.3 is 24.8 Å². The summed E-state index contributed by atoms with van der Waals surface area (Å²) in [5.74, 6) is 2.50. The Kier molecular flexibility index (Phi) is 9.38. The Morgan fingerprint density at radius 1 is 1.13 bits per heavy atom. The minimum absolute atomic E-state index is 0. The van der Waals surface area contributed by atoms with E-state index in [-0.39, 0.29) is 36.1 Å². The number of carbonyl (C=O) groups excluding carboxylic acids is 1. The van der Waals surface area contributed by atoms with Crippen molar-refractivity contribution in [3.63, 3.8) is 0 Å². The van der Waals surface area contributed by atoms with Gasteiger partial charge in [-0.3, -0.25) is 0 Å². The van der Waals surface area contributed by atoms with Crippen molar-refractivity contribution in [3.8, 4) is 0 Å². The van der Waals surface area contributed by atoms with Crippen LogP contribution in [0, 0.1) is 6.92 Å². The largest absolute Gasteiger partial charge is 0.444 e. The lowest BCUT2D eigenvalue weighted by atomic mass is 10.1. The SMILES string of the molecule is Cc1nnc(CN=C(NC2CCCC2)NC2CCCN(C(=O)OC(C)(C)C)C2)n1C.I. The van der Waals surface area contributed by atoms with Crippen molar-refractivity contribution in [2.24, 2.45) is 12.0 Å². The molecule has 0 aromatic carbocycles. The Morgan fingerprint density at radius 2 is 1.77 bits per heavy atom. The number of guanidine groups is 1. The van der Waals surface area contributed by atoms with Gasteiger partial charge in [-0.05, 0) is 53.4 Å². The molecule has 176 valence electrons. The molecule has 1 aromatic heterocycles.